The van der Waals surface area contributed by atoms with Crippen molar-refractivity contribution >= 4 is 5.91 Å². The minimum Gasteiger partial charge on any atom is -0.344 e. The van der Waals surface area contributed by atoms with Crippen molar-refractivity contribution in [2.45, 2.75) is 25.3 Å². The van der Waals surface area contributed by atoms with Crippen LogP contribution in [-0.2, 0) is 4.79 Å². The molecule has 12 heavy (non-hydrogen) atoms. The summed E-state index contributed by atoms with van der Waals surface area (Å²) < 4.78 is 0. The van der Waals surface area contributed by atoms with Crippen LogP contribution in [0.1, 0.15) is 19.3 Å². The van der Waals surface area contributed by atoms with E-state index in [9.17, 15) is 4.79 Å². The number of carbonyl (C=O) groups excluding carboxylic acids is 1. The van der Waals surface area contributed by atoms with Crippen LogP contribution in [0, 0.1) is 0 Å². The van der Waals surface area contributed by atoms with Gasteiger partial charge < -0.3 is 22.5 Å². The van der Waals surface area contributed by atoms with E-state index in [0.29, 0.717) is 13.0 Å². The van der Waals surface area contributed by atoms with Gasteiger partial charge in [-0.3, -0.25) is 4.79 Å². The van der Waals surface area contributed by atoms with Crippen LogP contribution in [0.5, 0.6) is 0 Å². The summed E-state index contributed by atoms with van der Waals surface area (Å²) in [4.78, 5) is 10.9. The molecule has 5 heteroatoms. The first-order valence-electron chi connectivity index (χ1n) is 4.13. The van der Waals surface area contributed by atoms with E-state index in [4.69, 9.17) is 17.2 Å². The summed E-state index contributed by atoms with van der Waals surface area (Å²) in [6.07, 6.45) is 1.97. The number of carbonyl (C=O) groups is 1. The molecule has 5 nitrogen and oxygen atoms in total. The molecule has 0 rings (SSSR count). The van der Waals surface area contributed by atoms with Gasteiger partial charge in [-0.2, -0.15) is 0 Å². The first kappa shape index (κ1) is 11.4. The van der Waals surface area contributed by atoms with E-state index in [2.05, 4.69) is 5.32 Å². The maximum atomic E-state index is 10.9. The summed E-state index contributed by atoms with van der Waals surface area (Å²) in [5, 5.41) is 2.48. The van der Waals surface area contributed by atoms with E-state index in [1.54, 1.807) is 0 Å². The largest absolute Gasteiger partial charge is 0.344 e. The molecular weight excluding hydrogens is 159 g/mol. The van der Waals surface area contributed by atoms with Gasteiger partial charge in [0.05, 0.1) is 6.67 Å². The molecule has 1 amide bonds. The average Bonchev–Trinajstić information content (AvgIpc) is 2.01. The average molecular weight is 177 g/mol. The van der Waals surface area contributed by atoms with Crippen molar-refractivity contribution in [2.24, 2.45) is 17.2 Å². The number of nitrogens with two attached hydrogens (primary N) is 3. The monoisotopic (exact) mass is 177 g/mol. The highest BCUT2D eigenvalue weighted by molar-refractivity contribution is 5.76. The predicted molar refractivity (Wildman–Crippen MR) is 48.1 cm³/mol. The second kappa shape index (κ2) is 7.02. The molecule has 7 N–H and O–H groups in total. The minimum absolute atomic E-state index is 0.0954. The summed E-state index contributed by atoms with van der Waals surface area (Å²) in [6.45, 7) is 0.786. The molecule has 0 aliphatic carbocycles. The molecule has 0 aromatic carbocycles. The first-order chi connectivity index (χ1) is 5.70. The third kappa shape index (κ3) is 6.09. The van der Waals surface area contributed by atoms with Crippen molar-refractivity contribution in [3.8, 4) is 0 Å². The quantitative estimate of drug-likeness (QED) is 0.292. The zero-order valence-electron chi connectivity index (χ0n) is 7.25. The van der Waals surface area contributed by atoms with Gasteiger partial charge in [-0.05, 0) is 19.4 Å². The minimum atomic E-state index is -0.0971. The third-order valence-electron chi connectivity index (χ3n) is 1.53. The van der Waals surface area contributed by atoms with Crippen LogP contribution in [0.2, 0.25) is 0 Å². The molecule has 0 bridgehead atoms. The lowest BCUT2D eigenvalue weighted by Crippen LogP contribution is -2.34. The van der Waals surface area contributed by atoms with Crippen molar-refractivity contribution in [1.82, 2.24) is 5.32 Å². The summed E-state index contributed by atoms with van der Waals surface area (Å²) in [6, 6.07) is -0.0971. The Morgan fingerprint density at radius 1 is 1.42 bits per heavy atom. The Kier molecular flexibility index (Phi) is 6.64. The SMILES string of the molecule is NCNC(=O)C[C@H](N)[13CH2][13CH2][13CH2]N. The van der Waals surface area contributed by atoms with Crippen molar-refractivity contribution in [1.29, 1.82) is 0 Å². The lowest BCUT2D eigenvalue weighted by molar-refractivity contribution is -0.121. The van der Waals surface area contributed by atoms with Gasteiger partial charge in [0.25, 0.3) is 0 Å². The fraction of sp³-hybridized carbons (Fsp3) is 0.857. The van der Waals surface area contributed by atoms with Crippen molar-refractivity contribution in [3.63, 3.8) is 0 Å². The summed E-state index contributed by atoms with van der Waals surface area (Å²) in [5.74, 6) is -0.0954. The highest BCUT2D eigenvalue weighted by Crippen LogP contribution is 1.97. The van der Waals surface area contributed by atoms with Gasteiger partial charge in [-0.25, -0.2) is 0 Å². The number of rotatable bonds is 6. The molecule has 0 aromatic rings. The van der Waals surface area contributed by atoms with Gasteiger partial charge in [0.2, 0.25) is 5.91 Å². The lowest BCUT2D eigenvalue weighted by Gasteiger charge is -2.09. The summed E-state index contributed by atoms with van der Waals surface area (Å²) >= 11 is 0. The molecule has 0 saturated carbocycles. The molecule has 1 atom stereocenters. The van der Waals surface area contributed by atoms with E-state index < -0.39 is 0 Å². The topological polar surface area (TPSA) is 107 Å². The molecule has 72 valence electrons. The number of hydrogen-bond acceptors (Lipinski definition) is 4. The van der Waals surface area contributed by atoms with Crippen LogP contribution in [0.3, 0.4) is 0 Å². The van der Waals surface area contributed by atoms with Gasteiger partial charge in [-0.15, -0.1) is 0 Å². The molecule has 0 heterocycles. The molecular formula is C7H18N4O. The Labute approximate surface area is 72.7 Å². The Morgan fingerprint density at radius 2 is 2.08 bits per heavy atom. The second-order valence-electron chi connectivity index (χ2n) is 2.70. The highest BCUT2D eigenvalue weighted by Gasteiger charge is 2.07. The Morgan fingerprint density at radius 3 is 2.58 bits per heavy atom. The smallest absolute Gasteiger partial charge is 0.222 e. The van der Waals surface area contributed by atoms with E-state index >= 15 is 0 Å². The maximum absolute atomic E-state index is 10.9. The molecule has 0 aliphatic heterocycles. The maximum Gasteiger partial charge on any atom is 0.222 e. The highest BCUT2D eigenvalue weighted by atomic mass is 16.1. The Bertz CT molecular complexity index is 129. The van der Waals surface area contributed by atoms with Crippen LogP contribution in [0.4, 0.5) is 0 Å². The molecule has 0 fully saturated rings. The van der Waals surface area contributed by atoms with Gasteiger partial charge in [0.1, 0.15) is 0 Å². The van der Waals surface area contributed by atoms with Gasteiger partial charge >= 0.3 is 0 Å². The number of amides is 1. The lowest BCUT2D eigenvalue weighted by atomic mass is 10.3. The zero-order chi connectivity index (χ0) is 9.40. The molecule has 0 unspecified atom stereocenters. The normalized spacial score (nSPS) is 12.6. The molecule has 0 radical (unpaired) electrons. The predicted octanol–water partition coefficient (Wildman–Crippen LogP) is -1.52. The second-order valence-corrected chi connectivity index (χ2v) is 2.70. The van der Waals surface area contributed by atoms with Crippen LogP contribution < -0.4 is 22.5 Å². The molecule has 0 spiro atoms. The van der Waals surface area contributed by atoms with E-state index in [-0.39, 0.29) is 18.6 Å². The van der Waals surface area contributed by atoms with Crippen molar-refractivity contribution < 1.29 is 4.79 Å². The number of hydrogen-bond donors (Lipinski definition) is 4. The van der Waals surface area contributed by atoms with Crippen LogP contribution in [-0.4, -0.2) is 25.2 Å². The Hall–Kier alpha value is -0.650. The third-order valence-corrected chi connectivity index (χ3v) is 1.53. The fourth-order valence-corrected chi connectivity index (χ4v) is 0.906. The summed E-state index contributed by atoms with van der Waals surface area (Å²) in [5.41, 5.74) is 16.0. The molecule has 0 saturated heterocycles. The van der Waals surface area contributed by atoms with Gasteiger partial charge in [-0.1, -0.05) is 0 Å². The zero-order valence-corrected chi connectivity index (χ0v) is 7.25. The Balaban J connectivity index is 3.40. The van der Waals surface area contributed by atoms with Gasteiger partial charge in [0.15, 0.2) is 0 Å². The molecule has 0 aromatic heterocycles. The first-order valence-corrected chi connectivity index (χ1v) is 4.13. The van der Waals surface area contributed by atoms with Crippen molar-refractivity contribution in [3.05, 3.63) is 0 Å². The van der Waals surface area contributed by atoms with Crippen LogP contribution >= 0.6 is 0 Å². The van der Waals surface area contributed by atoms with Crippen LogP contribution in [0.25, 0.3) is 0 Å². The van der Waals surface area contributed by atoms with E-state index in [0.717, 1.165) is 12.8 Å². The van der Waals surface area contributed by atoms with Gasteiger partial charge in [0, 0.05) is 12.5 Å². The fourth-order valence-electron chi connectivity index (χ4n) is 0.906. The van der Waals surface area contributed by atoms with Crippen LogP contribution in [0.15, 0.2) is 0 Å². The van der Waals surface area contributed by atoms with E-state index in [1.807, 2.05) is 0 Å². The van der Waals surface area contributed by atoms with Crippen molar-refractivity contribution in [2.75, 3.05) is 13.2 Å². The standard InChI is InChI=1S/C7H18N4O/c8-3-1-2-6(10)4-7(12)11-5-9/h6H,1-5,8-10H2,(H,11,12)/t6-/m1/s1/i1+1,2+1,3+1. The number of nitrogens with one attached hydrogen (secondary N) is 1. The van der Waals surface area contributed by atoms with E-state index in [1.165, 1.54) is 0 Å². The molecule has 0 aliphatic rings. The summed E-state index contributed by atoms with van der Waals surface area (Å²) in [7, 11) is 0.